The lowest BCUT2D eigenvalue weighted by molar-refractivity contribution is 0.260. The van der Waals surface area contributed by atoms with Crippen LogP contribution in [0.5, 0.6) is 5.88 Å². The van der Waals surface area contributed by atoms with E-state index in [2.05, 4.69) is 30.9 Å². The number of rotatable bonds is 6. The van der Waals surface area contributed by atoms with Crippen molar-refractivity contribution in [3.8, 4) is 23.3 Å². The predicted octanol–water partition coefficient (Wildman–Crippen LogP) is 2.05. The van der Waals surface area contributed by atoms with E-state index in [0.717, 1.165) is 5.56 Å². The Balaban J connectivity index is 1.58. The van der Waals surface area contributed by atoms with Gasteiger partial charge in [-0.15, -0.1) is 0 Å². The normalized spacial score (nSPS) is 10.8. The Morgan fingerprint density at radius 2 is 2.08 bits per heavy atom. The van der Waals surface area contributed by atoms with Crippen molar-refractivity contribution in [3.63, 3.8) is 0 Å². The second-order valence-corrected chi connectivity index (χ2v) is 4.97. The Morgan fingerprint density at radius 1 is 1.19 bits per heavy atom. The van der Waals surface area contributed by atoms with E-state index in [-0.39, 0.29) is 6.61 Å². The van der Waals surface area contributed by atoms with E-state index in [1.165, 1.54) is 0 Å². The van der Waals surface area contributed by atoms with E-state index in [1.54, 1.807) is 18.5 Å². The van der Waals surface area contributed by atoms with Gasteiger partial charge in [0.2, 0.25) is 5.96 Å². The molecule has 9 heteroatoms. The van der Waals surface area contributed by atoms with Gasteiger partial charge in [0.1, 0.15) is 6.61 Å². The van der Waals surface area contributed by atoms with E-state index >= 15 is 0 Å². The zero-order valence-corrected chi connectivity index (χ0v) is 13.7. The molecule has 0 atom stereocenters. The molecule has 0 saturated carbocycles. The van der Waals surface area contributed by atoms with Gasteiger partial charge in [-0.1, -0.05) is 30.3 Å². The molecule has 3 aromatic rings. The van der Waals surface area contributed by atoms with Crippen molar-refractivity contribution >= 4 is 11.6 Å². The minimum atomic E-state index is 0.235. The van der Waals surface area contributed by atoms with Crippen LogP contribution in [0.1, 0.15) is 0 Å². The van der Waals surface area contributed by atoms with Gasteiger partial charge in [0.05, 0.1) is 18.4 Å². The smallest absolute Gasteiger partial charge is 0.283 e. The van der Waals surface area contributed by atoms with Gasteiger partial charge in [-0.25, -0.2) is 9.62 Å². The maximum Gasteiger partial charge on any atom is 0.283 e. The summed E-state index contributed by atoms with van der Waals surface area (Å²) in [5.74, 6) is 0.590. The number of nitrogens with one attached hydrogen (secondary N) is 2. The molecule has 0 bridgehead atoms. The number of pyridine rings is 1. The first-order valence-corrected chi connectivity index (χ1v) is 7.74. The number of aliphatic imine (C=N–C) groups is 1. The maximum atomic E-state index is 8.82. The summed E-state index contributed by atoms with van der Waals surface area (Å²) < 4.78 is 10.3. The quantitative estimate of drug-likeness (QED) is 0.228. The molecule has 26 heavy (non-hydrogen) atoms. The molecule has 0 aliphatic carbocycles. The molecular formula is C17H15N7O2. The second-order valence-electron chi connectivity index (χ2n) is 4.97. The largest absolute Gasteiger partial charge is 0.472 e. The summed E-state index contributed by atoms with van der Waals surface area (Å²) in [5, 5.41) is 21.9. The van der Waals surface area contributed by atoms with Crippen LogP contribution in [0.25, 0.3) is 11.3 Å². The number of nitriles is 1. The number of ether oxygens (including phenoxy) is 1. The van der Waals surface area contributed by atoms with Crippen molar-refractivity contribution in [3.05, 3.63) is 54.9 Å². The Hall–Kier alpha value is -3.93. The summed E-state index contributed by atoms with van der Waals surface area (Å²) in [6.07, 6.45) is 5.11. The van der Waals surface area contributed by atoms with Crippen LogP contribution in [0, 0.1) is 11.5 Å². The summed E-state index contributed by atoms with van der Waals surface area (Å²) in [6.45, 7) is 0.526. The van der Waals surface area contributed by atoms with Crippen LogP contribution < -0.4 is 15.4 Å². The summed E-state index contributed by atoms with van der Waals surface area (Å²) in [6, 6.07) is 13.0. The Morgan fingerprint density at radius 3 is 2.85 bits per heavy atom. The number of guanidine groups is 1. The molecule has 0 unspecified atom stereocenters. The Kier molecular flexibility index (Phi) is 5.72. The van der Waals surface area contributed by atoms with E-state index in [4.69, 9.17) is 14.6 Å². The zero-order chi connectivity index (χ0) is 18.0. The third-order valence-corrected chi connectivity index (χ3v) is 3.20. The van der Waals surface area contributed by atoms with Crippen LogP contribution in [0.4, 0.5) is 5.69 Å². The Labute approximate surface area is 149 Å². The number of hydrogen-bond donors (Lipinski definition) is 2. The number of benzene rings is 1. The molecule has 0 aliphatic rings. The average Bonchev–Trinajstić information content (AvgIpc) is 3.15. The number of nitrogens with zero attached hydrogens (tertiary/aromatic N) is 5. The van der Waals surface area contributed by atoms with Gasteiger partial charge in [-0.3, -0.25) is 10.3 Å². The lowest BCUT2D eigenvalue weighted by Gasteiger charge is -2.07. The lowest BCUT2D eigenvalue weighted by Crippen LogP contribution is -2.27. The topological polar surface area (TPSA) is 121 Å². The average molecular weight is 349 g/mol. The summed E-state index contributed by atoms with van der Waals surface area (Å²) in [7, 11) is 0. The zero-order valence-electron chi connectivity index (χ0n) is 13.7. The lowest BCUT2D eigenvalue weighted by atomic mass is 10.2. The fraction of sp³-hybridized carbons (Fsp3) is 0.118. The number of aromatic nitrogens is 3. The fourth-order valence-electron chi connectivity index (χ4n) is 2.08. The number of hydrogen-bond acceptors (Lipinski definition) is 7. The minimum Gasteiger partial charge on any atom is -0.472 e. The molecule has 0 saturated heterocycles. The van der Waals surface area contributed by atoms with Crippen molar-refractivity contribution in [2.75, 3.05) is 18.5 Å². The van der Waals surface area contributed by atoms with Gasteiger partial charge in [-0.05, 0) is 22.4 Å². The minimum absolute atomic E-state index is 0.235. The van der Waals surface area contributed by atoms with Crippen molar-refractivity contribution in [2.24, 2.45) is 4.99 Å². The summed E-state index contributed by atoms with van der Waals surface area (Å²) in [5.41, 5.74) is 2.08. The molecule has 0 radical (unpaired) electrons. The van der Waals surface area contributed by atoms with Crippen LogP contribution in [-0.4, -0.2) is 34.4 Å². The summed E-state index contributed by atoms with van der Waals surface area (Å²) in [4.78, 5) is 8.24. The standard InChI is InChI=1S/C17H15N7O2/c18-12-21-17(22-14-7-4-8-19-11-14)20-9-10-25-16-15(23-26-24-16)13-5-2-1-3-6-13/h1-8,11H,9-10H2,(H2,20,21,22). The second kappa shape index (κ2) is 8.79. The first kappa shape index (κ1) is 16.9. The molecule has 0 fully saturated rings. The van der Waals surface area contributed by atoms with Crippen LogP contribution in [0.2, 0.25) is 0 Å². The van der Waals surface area contributed by atoms with Crippen molar-refractivity contribution in [2.45, 2.75) is 0 Å². The molecule has 2 heterocycles. The summed E-state index contributed by atoms with van der Waals surface area (Å²) >= 11 is 0. The Bertz CT molecular complexity index is 888. The van der Waals surface area contributed by atoms with Crippen LogP contribution in [0.15, 0.2) is 64.5 Å². The monoisotopic (exact) mass is 349 g/mol. The van der Waals surface area contributed by atoms with Crippen molar-refractivity contribution in [1.29, 1.82) is 5.26 Å². The van der Waals surface area contributed by atoms with Gasteiger partial charge < -0.3 is 10.1 Å². The molecule has 0 aliphatic heterocycles. The molecule has 0 spiro atoms. The first-order chi connectivity index (χ1) is 12.9. The van der Waals surface area contributed by atoms with E-state index < -0.39 is 0 Å². The molecule has 2 N–H and O–H groups in total. The SMILES string of the molecule is N#CNC(=NCCOc1nonc1-c1ccccc1)Nc1cccnc1. The van der Waals surface area contributed by atoms with Gasteiger partial charge in [-0.2, -0.15) is 5.26 Å². The van der Waals surface area contributed by atoms with Crippen LogP contribution in [0.3, 0.4) is 0 Å². The van der Waals surface area contributed by atoms with Gasteiger partial charge in [0, 0.05) is 11.8 Å². The van der Waals surface area contributed by atoms with E-state index in [1.807, 2.05) is 42.6 Å². The third-order valence-electron chi connectivity index (χ3n) is 3.20. The molecular weight excluding hydrogens is 334 g/mol. The van der Waals surface area contributed by atoms with Crippen LogP contribution >= 0.6 is 0 Å². The highest BCUT2D eigenvalue weighted by Gasteiger charge is 2.13. The van der Waals surface area contributed by atoms with Gasteiger partial charge in [0.25, 0.3) is 5.88 Å². The third kappa shape index (κ3) is 4.55. The molecule has 1 aromatic carbocycles. The predicted molar refractivity (Wildman–Crippen MR) is 94.1 cm³/mol. The molecule has 3 rings (SSSR count). The molecule has 130 valence electrons. The molecule has 0 amide bonds. The van der Waals surface area contributed by atoms with E-state index in [0.29, 0.717) is 29.8 Å². The number of anilines is 1. The fourth-order valence-corrected chi connectivity index (χ4v) is 2.08. The molecule has 2 aromatic heterocycles. The highest BCUT2D eigenvalue weighted by Crippen LogP contribution is 2.25. The van der Waals surface area contributed by atoms with Crippen molar-refractivity contribution < 1.29 is 9.37 Å². The maximum absolute atomic E-state index is 8.82. The first-order valence-electron chi connectivity index (χ1n) is 7.74. The molecule has 9 nitrogen and oxygen atoms in total. The van der Waals surface area contributed by atoms with Crippen molar-refractivity contribution in [1.82, 2.24) is 20.6 Å². The highest BCUT2D eigenvalue weighted by molar-refractivity contribution is 5.94. The van der Waals surface area contributed by atoms with Crippen LogP contribution in [-0.2, 0) is 0 Å². The highest BCUT2D eigenvalue weighted by atomic mass is 16.6. The van der Waals surface area contributed by atoms with Gasteiger partial charge >= 0.3 is 0 Å². The van der Waals surface area contributed by atoms with E-state index in [9.17, 15) is 0 Å². The van der Waals surface area contributed by atoms with Gasteiger partial charge in [0.15, 0.2) is 11.9 Å².